The summed E-state index contributed by atoms with van der Waals surface area (Å²) in [7, 11) is -3.63. The van der Waals surface area contributed by atoms with Crippen LogP contribution in [0.4, 0.5) is 0 Å². The molecule has 2 aromatic rings. The largest absolute Gasteiger partial charge is 0.360 e. The molecular weight excluding hydrogens is 384 g/mol. The summed E-state index contributed by atoms with van der Waals surface area (Å²) < 4.78 is 35.0. The maximum Gasteiger partial charge on any atom is 0.245 e. The molecule has 2 heterocycles. The number of benzene rings is 2. The second kappa shape index (κ2) is 8.96. The lowest BCUT2D eigenvalue weighted by molar-refractivity contribution is 0.0426. The Morgan fingerprint density at radius 2 is 1.72 bits per heavy atom. The number of ether oxygens (including phenoxy) is 1. The standard InChI is InChI=1S/C23H30N2O3S/c1-18-7-9-22(10-8-18)29(26,27)25-21(15-19-5-3-2-4-6-19)17-28-23(25)16-20-11-13-24-14-12-20/h2-10,20-21,23-24H,11-17H2,1H3/t21-,23+/m1/s1. The average Bonchev–Trinajstić information content (AvgIpc) is 3.12. The molecule has 29 heavy (non-hydrogen) atoms. The fourth-order valence-electron chi connectivity index (χ4n) is 4.40. The van der Waals surface area contributed by atoms with Gasteiger partial charge in [0.25, 0.3) is 0 Å². The quantitative estimate of drug-likeness (QED) is 0.788. The van der Waals surface area contributed by atoms with Crippen LogP contribution >= 0.6 is 0 Å². The van der Waals surface area contributed by atoms with Crippen molar-refractivity contribution < 1.29 is 13.2 Å². The number of nitrogens with zero attached hydrogens (tertiary/aromatic N) is 1. The third-order valence-corrected chi connectivity index (χ3v) is 7.99. The van der Waals surface area contributed by atoms with E-state index in [1.165, 1.54) is 0 Å². The van der Waals surface area contributed by atoms with Gasteiger partial charge in [0, 0.05) is 0 Å². The number of piperidine rings is 1. The van der Waals surface area contributed by atoms with Crippen molar-refractivity contribution in [3.8, 4) is 0 Å². The van der Waals surface area contributed by atoms with Gasteiger partial charge in [0.15, 0.2) is 0 Å². The van der Waals surface area contributed by atoms with Crippen LogP contribution < -0.4 is 5.32 Å². The van der Waals surface area contributed by atoms with Crippen molar-refractivity contribution in [2.24, 2.45) is 5.92 Å². The van der Waals surface area contributed by atoms with Gasteiger partial charge in [-0.1, -0.05) is 48.0 Å². The predicted octanol–water partition coefficient (Wildman–Crippen LogP) is 3.34. The maximum absolute atomic E-state index is 13.6. The molecule has 0 bridgehead atoms. The Kier molecular flexibility index (Phi) is 6.35. The van der Waals surface area contributed by atoms with Crippen LogP contribution in [0, 0.1) is 12.8 Å². The molecule has 4 rings (SSSR count). The van der Waals surface area contributed by atoms with E-state index >= 15 is 0 Å². The van der Waals surface area contributed by atoms with Crippen LogP contribution in [0.25, 0.3) is 0 Å². The smallest absolute Gasteiger partial charge is 0.245 e. The van der Waals surface area contributed by atoms with E-state index in [2.05, 4.69) is 17.4 Å². The van der Waals surface area contributed by atoms with Crippen molar-refractivity contribution >= 4 is 10.0 Å². The molecule has 0 aromatic heterocycles. The van der Waals surface area contributed by atoms with Gasteiger partial charge in [0.05, 0.1) is 17.5 Å². The van der Waals surface area contributed by atoms with Gasteiger partial charge in [-0.2, -0.15) is 4.31 Å². The summed E-state index contributed by atoms with van der Waals surface area (Å²) in [4.78, 5) is 0.349. The zero-order valence-corrected chi connectivity index (χ0v) is 17.8. The molecule has 2 aromatic carbocycles. The van der Waals surface area contributed by atoms with Crippen LogP contribution in [0.15, 0.2) is 59.5 Å². The first-order valence-corrected chi connectivity index (χ1v) is 11.9. The summed E-state index contributed by atoms with van der Waals surface area (Å²) in [6.07, 6.45) is 3.17. The molecule has 0 unspecified atom stereocenters. The van der Waals surface area contributed by atoms with E-state index in [1.54, 1.807) is 16.4 Å². The van der Waals surface area contributed by atoms with Crippen molar-refractivity contribution in [1.82, 2.24) is 9.62 Å². The molecule has 0 spiro atoms. The molecule has 0 amide bonds. The Hall–Kier alpha value is -1.73. The van der Waals surface area contributed by atoms with E-state index in [0.717, 1.165) is 43.5 Å². The van der Waals surface area contributed by atoms with Crippen LogP contribution in [-0.2, 0) is 21.2 Å². The van der Waals surface area contributed by atoms with Gasteiger partial charge >= 0.3 is 0 Å². The molecular formula is C23H30N2O3S. The van der Waals surface area contributed by atoms with Gasteiger partial charge < -0.3 is 10.1 Å². The first-order chi connectivity index (χ1) is 14.0. The van der Waals surface area contributed by atoms with Crippen LogP contribution in [0.5, 0.6) is 0 Å². The minimum atomic E-state index is -3.63. The highest BCUT2D eigenvalue weighted by atomic mass is 32.2. The lowest BCUT2D eigenvalue weighted by atomic mass is 9.94. The maximum atomic E-state index is 13.6. The number of aryl methyl sites for hydroxylation is 1. The zero-order chi connectivity index (χ0) is 20.3. The highest BCUT2D eigenvalue weighted by molar-refractivity contribution is 7.89. The third-order valence-electron chi connectivity index (χ3n) is 6.03. The Bertz CT molecular complexity index is 893. The summed E-state index contributed by atoms with van der Waals surface area (Å²) in [6.45, 7) is 4.40. The predicted molar refractivity (Wildman–Crippen MR) is 114 cm³/mol. The van der Waals surface area contributed by atoms with Crippen LogP contribution in [0.2, 0.25) is 0 Å². The Labute approximate surface area is 174 Å². The van der Waals surface area contributed by atoms with Crippen molar-refractivity contribution in [2.75, 3.05) is 19.7 Å². The van der Waals surface area contributed by atoms with E-state index in [1.807, 2.05) is 37.3 Å². The number of hydrogen-bond acceptors (Lipinski definition) is 4. The average molecular weight is 415 g/mol. The monoisotopic (exact) mass is 414 g/mol. The van der Waals surface area contributed by atoms with Crippen LogP contribution in [0.3, 0.4) is 0 Å². The molecule has 2 aliphatic rings. The van der Waals surface area contributed by atoms with E-state index < -0.39 is 16.3 Å². The van der Waals surface area contributed by atoms with Crippen molar-refractivity contribution in [2.45, 2.75) is 49.8 Å². The van der Waals surface area contributed by atoms with E-state index in [9.17, 15) is 8.42 Å². The fourth-order valence-corrected chi connectivity index (χ4v) is 6.10. The molecule has 156 valence electrons. The molecule has 0 radical (unpaired) electrons. The molecule has 6 heteroatoms. The first-order valence-electron chi connectivity index (χ1n) is 10.5. The molecule has 5 nitrogen and oxygen atoms in total. The van der Waals surface area contributed by atoms with E-state index in [0.29, 0.717) is 23.8 Å². The second-order valence-corrected chi connectivity index (χ2v) is 10.1. The third kappa shape index (κ3) is 4.72. The highest BCUT2D eigenvalue weighted by Crippen LogP contribution is 2.33. The van der Waals surface area contributed by atoms with Crippen molar-refractivity contribution in [3.63, 3.8) is 0 Å². The normalized spacial score (nSPS) is 24.0. The summed E-state index contributed by atoms with van der Waals surface area (Å²) >= 11 is 0. The fraction of sp³-hybridized carbons (Fsp3) is 0.478. The molecule has 2 aliphatic heterocycles. The van der Waals surface area contributed by atoms with Crippen molar-refractivity contribution in [3.05, 3.63) is 65.7 Å². The van der Waals surface area contributed by atoms with Gasteiger partial charge in [-0.25, -0.2) is 8.42 Å². The van der Waals surface area contributed by atoms with Gasteiger partial charge in [-0.05, 0) is 69.3 Å². The molecule has 1 N–H and O–H groups in total. The number of rotatable bonds is 6. The van der Waals surface area contributed by atoms with Gasteiger partial charge in [-0.15, -0.1) is 0 Å². The lowest BCUT2D eigenvalue weighted by Gasteiger charge is -2.31. The second-order valence-electron chi connectivity index (χ2n) is 8.21. The zero-order valence-electron chi connectivity index (χ0n) is 17.0. The summed E-state index contributed by atoms with van der Waals surface area (Å²) in [5, 5.41) is 3.38. The molecule has 2 atom stereocenters. The SMILES string of the molecule is Cc1ccc(S(=O)(=O)N2[C@H](Cc3ccccc3)CO[C@H]2CC2CCNCC2)cc1. The molecule has 2 fully saturated rings. The van der Waals surface area contributed by atoms with E-state index in [4.69, 9.17) is 4.74 Å². The van der Waals surface area contributed by atoms with Crippen LogP contribution in [0.1, 0.15) is 30.4 Å². The summed E-state index contributed by atoms with van der Waals surface area (Å²) in [6, 6.07) is 17.0. The molecule has 0 aliphatic carbocycles. The minimum Gasteiger partial charge on any atom is -0.360 e. The summed E-state index contributed by atoms with van der Waals surface area (Å²) in [5.74, 6) is 0.493. The lowest BCUT2D eigenvalue weighted by Crippen LogP contribution is -2.44. The van der Waals surface area contributed by atoms with Crippen LogP contribution in [-0.4, -0.2) is 44.7 Å². The Balaban J connectivity index is 1.62. The summed E-state index contributed by atoms with van der Waals surface area (Å²) in [5.41, 5.74) is 2.18. The Morgan fingerprint density at radius 3 is 2.41 bits per heavy atom. The van der Waals surface area contributed by atoms with E-state index in [-0.39, 0.29) is 6.04 Å². The first kappa shape index (κ1) is 20.5. The van der Waals surface area contributed by atoms with Gasteiger partial charge in [0.1, 0.15) is 6.23 Å². The minimum absolute atomic E-state index is 0.185. The molecule has 2 saturated heterocycles. The highest BCUT2D eigenvalue weighted by Gasteiger charge is 2.44. The number of sulfonamides is 1. The Morgan fingerprint density at radius 1 is 1.03 bits per heavy atom. The van der Waals surface area contributed by atoms with Gasteiger partial charge in [0.2, 0.25) is 10.0 Å². The van der Waals surface area contributed by atoms with Crippen molar-refractivity contribution in [1.29, 1.82) is 0 Å². The van der Waals surface area contributed by atoms with Gasteiger partial charge in [-0.3, -0.25) is 0 Å². The number of hydrogen-bond donors (Lipinski definition) is 1. The molecule has 0 saturated carbocycles. The number of nitrogens with one attached hydrogen (secondary N) is 1. The topological polar surface area (TPSA) is 58.6 Å².